The Morgan fingerprint density at radius 3 is 2.60 bits per heavy atom. The normalized spacial score (nSPS) is 33.8. The minimum absolute atomic E-state index is 0.113. The highest BCUT2D eigenvalue weighted by atomic mass is 16.3. The van der Waals surface area contributed by atoms with Crippen LogP contribution in [0.3, 0.4) is 0 Å². The Hall–Kier alpha value is -0.610. The van der Waals surface area contributed by atoms with Gasteiger partial charge >= 0.3 is 0 Å². The van der Waals surface area contributed by atoms with Gasteiger partial charge in [-0.25, -0.2) is 0 Å². The van der Waals surface area contributed by atoms with Gasteiger partial charge in [0.1, 0.15) is 0 Å². The molecule has 1 heterocycles. The lowest BCUT2D eigenvalue weighted by Gasteiger charge is -2.49. The summed E-state index contributed by atoms with van der Waals surface area (Å²) in [5, 5.41) is 13.4. The van der Waals surface area contributed by atoms with E-state index in [4.69, 9.17) is 0 Å². The van der Waals surface area contributed by atoms with Gasteiger partial charge in [0.2, 0.25) is 5.91 Å². The average molecular weight is 282 g/mol. The van der Waals surface area contributed by atoms with Gasteiger partial charge in [0.15, 0.2) is 0 Å². The van der Waals surface area contributed by atoms with E-state index in [0.717, 1.165) is 6.42 Å². The third-order valence-corrected chi connectivity index (χ3v) is 5.49. The second kappa shape index (κ2) is 6.02. The Morgan fingerprint density at radius 1 is 1.35 bits per heavy atom. The van der Waals surface area contributed by atoms with Gasteiger partial charge in [0.25, 0.3) is 0 Å². The first kappa shape index (κ1) is 15.8. The summed E-state index contributed by atoms with van der Waals surface area (Å²) in [7, 11) is 0. The van der Waals surface area contributed by atoms with Crippen molar-refractivity contribution >= 4 is 5.91 Å². The van der Waals surface area contributed by atoms with Crippen LogP contribution in [0.25, 0.3) is 0 Å². The van der Waals surface area contributed by atoms with Crippen LogP contribution < -0.4 is 5.32 Å². The van der Waals surface area contributed by atoms with E-state index in [1.54, 1.807) is 0 Å². The Labute approximate surface area is 122 Å². The molecule has 0 spiro atoms. The number of carbonyl (C=O) groups is 1. The van der Waals surface area contributed by atoms with Crippen molar-refractivity contribution in [1.29, 1.82) is 0 Å². The van der Waals surface area contributed by atoms with Crippen molar-refractivity contribution in [3.8, 4) is 0 Å². The van der Waals surface area contributed by atoms with Crippen molar-refractivity contribution < 1.29 is 9.90 Å². The Bertz CT molecular complexity index is 350. The number of hydrogen-bond acceptors (Lipinski definition) is 3. The fraction of sp³-hybridized carbons (Fsp3) is 0.938. The molecule has 3 atom stereocenters. The molecular formula is C16H30N2O2. The smallest absolute Gasteiger partial charge is 0.234 e. The predicted octanol–water partition coefficient (Wildman–Crippen LogP) is 1.63. The van der Waals surface area contributed by atoms with Gasteiger partial charge in [-0.3, -0.25) is 9.69 Å². The van der Waals surface area contributed by atoms with Crippen molar-refractivity contribution in [2.24, 2.45) is 17.8 Å². The first-order valence-electron chi connectivity index (χ1n) is 8.06. The molecule has 0 bridgehead atoms. The van der Waals surface area contributed by atoms with E-state index in [-0.39, 0.29) is 11.8 Å². The summed E-state index contributed by atoms with van der Waals surface area (Å²) in [6, 6.07) is 0.330. The van der Waals surface area contributed by atoms with E-state index in [1.807, 2.05) is 18.7 Å². The van der Waals surface area contributed by atoms with Crippen molar-refractivity contribution in [3.63, 3.8) is 0 Å². The molecule has 116 valence electrons. The van der Waals surface area contributed by atoms with Crippen molar-refractivity contribution in [1.82, 2.24) is 10.2 Å². The molecular weight excluding hydrogens is 252 g/mol. The van der Waals surface area contributed by atoms with Crippen LogP contribution in [0.1, 0.15) is 47.0 Å². The molecule has 0 aromatic rings. The van der Waals surface area contributed by atoms with Crippen LogP contribution in [-0.2, 0) is 4.79 Å². The molecule has 2 fully saturated rings. The maximum atomic E-state index is 12.1. The highest BCUT2D eigenvalue weighted by Gasteiger charge is 2.44. The third-order valence-electron chi connectivity index (χ3n) is 5.49. The van der Waals surface area contributed by atoms with Crippen molar-refractivity contribution in [2.45, 2.75) is 58.6 Å². The Morgan fingerprint density at radius 2 is 2.00 bits per heavy atom. The minimum atomic E-state index is -0.590. The topological polar surface area (TPSA) is 52.6 Å². The Balaban J connectivity index is 1.74. The third kappa shape index (κ3) is 3.34. The molecule has 0 aromatic heterocycles. The van der Waals surface area contributed by atoms with Gasteiger partial charge in [-0.1, -0.05) is 40.5 Å². The summed E-state index contributed by atoms with van der Waals surface area (Å²) >= 11 is 0. The first-order valence-corrected chi connectivity index (χ1v) is 8.06. The Kier molecular flexibility index (Phi) is 4.75. The maximum absolute atomic E-state index is 12.1. The molecule has 0 aromatic carbocycles. The fourth-order valence-electron chi connectivity index (χ4n) is 3.45. The second-order valence-corrected chi connectivity index (χ2v) is 7.34. The monoisotopic (exact) mass is 282 g/mol. The number of amides is 1. The predicted molar refractivity (Wildman–Crippen MR) is 80.3 cm³/mol. The highest BCUT2D eigenvalue weighted by molar-refractivity contribution is 5.78. The number of aliphatic hydroxyl groups is 1. The molecule has 1 amide bonds. The summed E-state index contributed by atoms with van der Waals surface area (Å²) in [5.41, 5.74) is -0.590. The standard InChI is InChI=1S/C16H30N2O2/c1-11(2)16(20)9-18(10-16)8-15(19)17-14-7-5-6-12(3)13(14)4/h11-14,20H,5-10H2,1-4H3,(H,17,19). The molecule has 4 heteroatoms. The zero-order valence-electron chi connectivity index (χ0n) is 13.4. The van der Waals surface area contributed by atoms with E-state index in [0.29, 0.717) is 37.5 Å². The summed E-state index contributed by atoms with van der Waals surface area (Å²) in [6.45, 7) is 10.2. The number of hydrogen-bond donors (Lipinski definition) is 2. The molecule has 0 radical (unpaired) electrons. The van der Waals surface area contributed by atoms with Gasteiger partial charge in [0, 0.05) is 19.1 Å². The van der Waals surface area contributed by atoms with Crippen LogP contribution in [0, 0.1) is 17.8 Å². The summed E-state index contributed by atoms with van der Waals surface area (Å²) in [4.78, 5) is 14.1. The zero-order valence-corrected chi connectivity index (χ0v) is 13.4. The summed E-state index contributed by atoms with van der Waals surface area (Å²) in [5.74, 6) is 1.63. The van der Waals surface area contributed by atoms with E-state index in [9.17, 15) is 9.90 Å². The minimum Gasteiger partial charge on any atom is -0.387 e. The van der Waals surface area contributed by atoms with Crippen LogP contribution in [0.15, 0.2) is 0 Å². The van der Waals surface area contributed by atoms with E-state index in [1.165, 1.54) is 12.8 Å². The molecule has 1 aliphatic carbocycles. The van der Waals surface area contributed by atoms with Crippen molar-refractivity contribution in [3.05, 3.63) is 0 Å². The molecule has 20 heavy (non-hydrogen) atoms. The van der Waals surface area contributed by atoms with Gasteiger partial charge in [-0.05, 0) is 24.2 Å². The molecule has 1 saturated heterocycles. The van der Waals surface area contributed by atoms with Gasteiger partial charge in [-0.2, -0.15) is 0 Å². The average Bonchev–Trinajstić information content (AvgIpc) is 2.32. The largest absolute Gasteiger partial charge is 0.387 e. The number of likely N-dealkylation sites (tertiary alicyclic amines) is 1. The van der Waals surface area contributed by atoms with Crippen LogP contribution in [-0.4, -0.2) is 47.2 Å². The summed E-state index contributed by atoms with van der Waals surface area (Å²) in [6.07, 6.45) is 3.60. The van der Waals surface area contributed by atoms with E-state index >= 15 is 0 Å². The molecule has 4 nitrogen and oxygen atoms in total. The lowest BCUT2D eigenvalue weighted by atomic mass is 9.78. The quantitative estimate of drug-likeness (QED) is 0.824. The number of nitrogens with one attached hydrogen (secondary N) is 1. The van der Waals surface area contributed by atoms with Gasteiger partial charge < -0.3 is 10.4 Å². The van der Waals surface area contributed by atoms with Crippen LogP contribution in [0.2, 0.25) is 0 Å². The lowest BCUT2D eigenvalue weighted by Crippen LogP contribution is -2.66. The number of carbonyl (C=O) groups excluding carboxylic acids is 1. The number of β-amino-alcohol motifs (C(OH)–C–C–N with tert-alkyl or cyclic N) is 1. The number of rotatable bonds is 4. The van der Waals surface area contributed by atoms with Crippen LogP contribution >= 0.6 is 0 Å². The van der Waals surface area contributed by atoms with Gasteiger partial charge in [0.05, 0.1) is 12.1 Å². The second-order valence-electron chi connectivity index (χ2n) is 7.34. The fourth-order valence-corrected chi connectivity index (χ4v) is 3.45. The van der Waals surface area contributed by atoms with Gasteiger partial charge in [-0.15, -0.1) is 0 Å². The first-order chi connectivity index (χ1) is 9.32. The van der Waals surface area contributed by atoms with E-state index < -0.39 is 5.60 Å². The SMILES string of the molecule is CC1CCCC(NC(=O)CN2CC(O)(C(C)C)C2)C1C. The molecule has 2 aliphatic rings. The molecule has 2 rings (SSSR count). The molecule has 1 saturated carbocycles. The molecule has 2 N–H and O–H groups in total. The maximum Gasteiger partial charge on any atom is 0.234 e. The van der Waals surface area contributed by atoms with Crippen molar-refractivity contribution in [2.75, 3.05) is 19.6 Å². The van der Waals surface area contributed by atoms with E-state index in [2.05, 4.69) is 19.2 Å². The number of nitrogens with zero attached hydrogens (tertiary/aromatic N) is 1. The zero-order chi connectivity index (χ0) is 14.9. The molecule has 3 unspecified atom stereocenters. The lowest BCUT2D eigenvalue weighted by molar-refractivity contribution is -0.143. The summed E-state index contributed by atoms with van der Waals surface area (Å²) < 4.78 is 0. The van der Waals surface area contributed by atoms with Crippen LogP contribution in [0.4, 0.5) is 0 Å². The highest BCUT2D eigenvalue weighted by Crippen LogP contribution is 2.30. The molecule has 1 aliphatic heterocycles. The van der Waals surface area contributed by atoms with Crippen LogP contribution in [0.5, 0.6) is 0 Å².